The van der Waals surface area contributed by atoms with E-state index in [4.69, 9.17) is 4.74 Å². The minimum Gasteiger partial charge on any atom is -0.480 e. The molecule has 1 fully saturated rings. The Labute approximate surface area is 149 Å². The van der Waals surface area contributed by atoms with Crippen molar-refractivity contribution in [2.45, 2.75) is 45.8 Å². The van der Waals surface area contributed by atoms with Gasteiger partial charge in [-0.15, -0.1) is 0 Å². The molecular formula is C19H28N2O4. The number of carboxylic acid groups (broad SMARTS) is 1. The van der Waals surface area contributed by atoms with Crippen molar-refractivity contribution in [3.63, 3.8) is 0 Å². The number of nitrogens with zero attached hydrogens (tertiary/aromatic N) is 2. The summed E-state index contributed by atoms with van der Waals surface area (Å²) in [5.41, 5.74) is 1.33. The third-order valence-electron chi connectivity index (χ3n) is 4.17. The molecule has 1 atom stereocenters. The van der Waals surface area contributed by atoms with Gasteiger partial charge in [0.1, 0.15) is 11.6 Å². The molecule has 25 heavy (non-hydrogen) atoms. The zero-order valence-corrected chi connectivity index (χ0v) is 15.5. The molecule has 0 unspecified atom stereocenters. The number of aryl methyl sites for hydroxylation is 1. The summed E-state index contributed by atoms with van der Waals surface area (Å²) in [7, 11) is 0. The summed E-state index contributed by atoms with van der Waals surface area (Å²) < 4.78 is 5.43. The predicted octanol–water partition coefficient (Wildman–Crippen LogP) is 3.06. The molecule has 138 valence electrons. The lowest BCUT2D eigenvalue weighted by atomic mass is 10.0. The van der Waals surface area contributed by atoms with Gasteiger partial charge in [-0.05, 0) is 39.7 Å². The van der Waals surface area contributed by atoms with Crippen LogP contribution in [0, 0.1) is 6.92 Å². The van der Waals surface area contributed by atoms with E-state index in [1.54, 1.807) is 4.90 Å². The van der Waals surface area contributed by atoms with Crippen LogP contribution in [-0.4, -0.2) is 58.7 Å². The minimum atomic E-state index is -0.866. The number of benzene rings is 1. The minimum absolute atomic E-state index is 0.337. The number of hydrogen-bond donors (Lipinski definition) is 1. The standard InChI is InChI=1S/C19H28N2O4/c1-14-6-8-15(9-7-14)16(17(22)23)20-10-5-11-21(13-12-20)18(24)25-19(2,3)4/h6-9,16H,5,10-13H2,1-4H3,(H,22,23)/t16-/m0/s1. The van der Waals surface area contributed by atoms with Crippen LogP contribution in [-0.2, 0) is 9.53 Å². The molecule has 0 spiro atoms. The quantitative estimate of drug-likeness (QED) is 0.909. The van der Waals surface area contributed by atoms with Crippen molar-refractivity contribution in [1.82, 2.24) is 9.80 Å². The fraction of sp³-hybridized carbons (Fsp3) is 0.579. The van der Waals surface area contributed by atoms with E-state index in [-0.39, 0.29) is 6.09 Å². The average molecular weight is 348 g/mol. The summed E-state index contributed by atoms with van der Waals surface area (Å²) >= 11 is 0. The molecule has 6 heteroatoms. The Morgan fingerprint density at radius 3 is 2.28 bits per heavy atom. The van der Waals surface area contributed by atoms with Gasteiger partial charge in [0, 0.05) is 26.2 Å². The number of hydrogen-bond acceptors (Lipinski definition) is 4. The number of rotatable bonds is 3. The molecule has 0 bridgehead atoms. The molecule has 0 radical (unpaired) electrons. The zero-order valence-electron chi connectivity index (χ0n) is 15.5. The van der Waals surface area contributed by atoms with Gasteiger partial charge in [0.25, 0.3) is 0 Å². The van der Waals surface area contributed by atoms with E-state index in [1.165, 1.54) is 0 Å². The summed E-state index contributed by atoms with van der Waals surface area (Å²) in [5.74, 6) is -0.866. The van der Waals surface area contributed by atoms with E-state index < -0.39 is 17.6 Å². The fourth-order valence-electron chi connectivity index (χ4n) is 2.96. The molecule has 1 saturated heterocycles. The van der Waals surface area contributed by atoms with Gasteiger partial charge in [-0.2, -0.15) is 0 Å². The number of carbonyl (C=O) groups excluding carboxylic acids is 1. The lowest BCUT2D eigenvalue weighted by molar-refractivity contribution is -0.143. The van der Waals surface area contributed by atoms with Crippen LogP contribution in [0.1, 0.15) is 44.4 Å². The van der Waals surface area contributed by atoms with Crippen LogP contribution >= 0.6 is 0 Å². The lowest BCUT2D eigenvalue weighted by Crippen LogP contribution is -2.40. The molecule has 1 aliphatic heterocycles. The normalized spacial score (nSPS) is 17.7. The number of carbonyl (C=O) groups is 2. The summed E-state index contributed by atoms with van der Waals surface area (Å²) in [6, 6.07) is 6.89. The first kappa shape index (κ1) is 19.2. The van der Waals surface area contributed by atoms with Crippen LogP contribution < -0.4 is 0 Å². The molecule has 6 nitrogen and oxygen atoms in total. The highest BCUT2D eigenvalue weighted by Crippen LogP contribution is 2.23. The van der Waals surface area contributed by atoms with Gasteiger partial charge in [-0.25, -0.2) is 4.79 Å². The Morgan fingerprint density at radius 2 is 1.72 bits per heavy atom. The van der Waals surface area contributed by atoms with Crippen LogP contribution in [0.5, 0.6) is 0 Å². The van der Waals surface area contributed by atoms with E-state index >= 15 is 0 Å². The lowest BCUT2D eigenvalue weighted by Gasteiger charge is -2.28. The van der Waals surface area contributed by atoms with Crippen molar-refractivity contribution >= 4 is 12.1 Å². The van der Waals surface area contributed by atoms with E-state index in [2.05, 4.69) is 0 Å². The van der Waals surface area contributed by atoms with Gasteiger partial charge in [-0.3, -0.25) is 9.69 Å². The molecule has 1 heterocycles. The van der Waals surface area contributed by atoms with Crippen molar-refractivity contribution in [3.8, 4) is 0 Å². The largest absolute Gasteiger partial charge is 0.480 e. The molecule has 1 aromatic rings. The van der Waals surface area contributed by atoms with Crippen molar-refractivity contribution < 1.29 is 19.4 Å². The van der Waals surface area contributed by atoms with Gasteiger partial charge in [0.15, 0.2) is 0 Å². The van der Waals surface area contributed by atoms with E-state index in [0.717, 1.165) is 17.5 Å². The summed E-state index contributed by atoms with van der Waals surface area (Å²) in [5, 5.41) is 9.72. The summed E-state index contributed by atoms with van der Waals surface area (Å²) in [6.45, 7) is 9.67. The van der Waals surface area contributed by atoms with Crippen molar-refractivity contribution in [2.75, 3.05) is 26.2 Å². The maximum Gasteiger partial charge on any atom is 0.410 e. The molecule has 1 N–H and O–H groups in total. The second kappa shape index (κ2) is 7.87. The Bertz CT molecular complexity index is 607. The van der Waals surface area contributed by atoms with Crippen molar-refractivity contribution in [2.24, 2.45) is 0 Å². The highest BCUT2D eigenvalue weighted by atomic mass is 16.6. The van der Waals surface area contributed by atoms with Crippen LogP contribution in [0.25, 0.3) is 0 Å². The van der Waals surface area contributed by atoms with Gasteiger partial charge in [0.05, 0.1) is 0 Å². The number of amides is 1. The van der Waals surface area contributed by atoms with E-state index in [1.807, 2.05) is 56.9 Å². The first-order chi connectivity index (χ1) is 11.7. The zero-order chi connectivity index (χ0) is 18.6. The van der Waals surface area contributed by atoms with Crippen LogP contribution in [0.3, 0.4) is 0 Å². The van der Waals surface area contributed by atoms with Gasteiger partial charge in [0.2, 0.25) is 0 Å². The number of aliphatic carboxylic acids is 1. The number of carboxylic acids is 1. The molecule has 1 aromatic carbocycles. The monoisotopic (exact) mass is 348 g/mol. The Kier molecular flexibility index (Phi) is 6.06. The van der Waals surface area contributed by atoms with Gasteiger partial charge in [-0.1, -0.05) is 29.8 Å². The maximum atomic E-state index is 12.3. The smallest absolute Gasteiger partial charge is 0.410 e. The first-order valence-electron chi connectivity index (χ1n) is 8.69. The third kappa shape index (κ3) is 5.46. The molecule has 0 aromatic heterocycles. The van der Waals surface area contributed by atoms with E-state index in [9.17, 15) is 14.7 Å². The van der Waals surface area contributed by atoms with Gasteiger partial charge < -0.3 is 14.7 Å². The van der Waals surface area contributed by atoms with Gasteiger partial charge >= 0.3 is 12.1 Å². The van der Waals surface area contributed by atoms with Crippen LogP contribution in [0.2, 0.25) is 0 Å². The van der Waals surface area contributed by atoms with Crippen LogP contribution in [0.4, 0.5) is 4.79 Å². The Hall–Kier alpha value is -2.08. The van der Waals surface area contributed by atoms with Crippen molar-refractivity contribution in [3.05, 3.63) is 35.4 Å². The number of ether oxygens (including phenoxy) is 1. The average Bonchev–Trinajstić information content (AvgIpc) is 2.73. The molecule has 0 aliphatic carbocycles. The van der Waals surface area contributed by atoms with E-state index in [0.29, 0.717) is 26.2 Å². The Balaban J connectivity index is 2.08. The second-order valence-corrected chi connectivity index (χ2v) is 7.51. The fourth-order valence-corrected chi connectivity index (χ4v) is 2.96. The second-order valence-electron chi connectivity index (χ2n) is 7.51. The maximum absolute atomic E-state index is 12.3. The molecular weight excluding hydrogens is 320 g/mol. The molecule has 0 saturated carbocycles. The summed E-state index contributed by atoms with van der Waals surface area (Å²) in [6.07, 6.45) is 0.381. The predicted molar refractivity (Wildman–Crippen MR) is 95.6 cm³/mol. The molecule has 1 aliphatic rings. The summed E-state index contributed by atoms with van der Waals surface area (Å²) in [4.78, 5) is 27.7. The topological polar surface area (TPSA) is 70.1 Å². The first-order valence-corrected chi connectivity index (χ1v) is 8.69. The Morgan fingerprint density at radius 1 is 1.08 bits per heavy atom. The highest BCUT2D eigenvalue weighted by Gasteiger charge is 2.31. The van der Waals surface area contributed by atoms with Crippen molar-refractivity contribution in [1.29, 1.82) is 0 Å². The molecule has 1 amide bonds. The highest BCUT2D eigenvalue weighted by molar-refractivity contribution is 5.75. The molecule has 2 rings (SSSR count). The SMILES string of the molecule is Cc1ccc([C@@H](C(=O)O)N2CCCN(C(=O)OC(C)(C)C)CC2)cc1. The van der Waals surface area contributed by atoms with Crippen LogP contribution in [0.15, 0.2) is 24.3 Å². The third-order valence-corrected chi connectivity index (χ3v) is 4.17.